The summed E-state index contributed by atoms with van der Waals surface area (Å²) in [5.74, 6) is 1.93. The van der Waals surface area contributed by atoms with E-state index in [0.717, 1.165) is 27.6 Å². The fraction of sp³-hybridized carbons (Fsp3) is 0.259. The van der Waals surface area contributed by atoms with Crippen LogP contribution in [0.2, 0.25) is 0 Å². The molecule has 1 aromatic heterocycles. The average Bonchev–Trinajstić information content (AvgIpc) is 3.09. The number of hydrogen-bond donors (Lipinski definition) is 0. The van der Waals surface area contributed by atoms with Crippen LogP contribution in [0.4, 0.5) is 5.82 Å². The highest BCUT2D eigenvalue weighted by atomic mass is 32.2. The highest BCUT2D eigenvalue weighted by Gasteiger charge is 2.29. The van der Waals surface area contributed by atoms with Crippen molar-refractivity contribution in [2.45, 2.75) is 25.2 Å². The molecule has 0 N–H and O–H groups in total. The van der Waals surface area contributed by atoms with Crippen LogP contribution in [-0.2, 0) is 23.5 Å². The van der Waals surface area contributed by atoms with Crippen LogP contribution in [0, 0.1) is 13.8 Å². The molecule has 7 heteroatoms. The molecule has 178 valence electrons. The van der Waals surface area contributed by atoms with Gasteiger partial charge in [-0.1, -0.05) is 42.0 Å². The molecule has 0 atom stereocenters. The predicted octanol–water partition coefficient (Wildman–Crippen LogP) is 5.25. The minimum Gasteiger partial charge on any atom is -0.493 e. The van der Waals surface area contributed by atoms with Crippen molar-refractivity contribution in [2.24, 2.45) is 7.05 Å². The molecular weight excluding hydrogens is 448 g/mol. The van der Waals surface area contributed by atoms with E-state index in [-0.39, 0.29) is 11.4 Å². The summed E-state index contributed by atoms with van der Waals surface area (Å²) in [6.45, 7) is 4.20. The van der Waals surface area contributed by atoms with E-state index in [1.54, 1.807) is 26.4 Å². The van der Waals surface area contributed by atoms with E-state index >= 15 is 0 Å². The Morgan fingerprint density at radius 1 is 0.882 bits per heavy atom. The van der Waals surface area contributed by atoms with Gasteiger partial charge in [0, 0.05) is 30.1 Å². The number of anilines is 1. The van der Waals surface area contributed by atoms with E-state index in [2.05, 4.69) is 0 Å². The standard InChI is InChI=1S/C27H30N2O4S/c1-19-10-13-22(14-11-19)34(30,31)29(17-16-21-12-15-25(32-4)26(18-21)33-5)27-20(2)23-8-6-7-9-24(23)28(27)3/h6-15,18H,16-17H2,1-5H3. The number of hydrogen-bond acceptors (Lipinski definition) is 4. The van der Waals surface area contributed by atoms with Crippen LogP contribution in [-0.4, -0.2) is 33.7 Å². The molecule has 0 aliphatic heterocycles. The largest absolute Gasteiger partial charge is 0.493 e. The molecule has 0 saturated carbocycles. The summed E-state index contributed by atoms with van der Waals surface area (Å²) in [5.41, 5.74) is 3.89. The number of nitrogens with zero attached hydrogens (tertiary/aromatic N) is 2. The van der Waals surface area contributed by atoms with Gasteiger partial charge in [0.2, 0.25) is 0 Å². The summed E-state index contributed by atoms with van der Waals surface area (Å²) in [4.78, 5) is 0.273. The van der Waals surface area contributed by atoms with Crippen LogP contribution in [0.3, 0.4) is 0 Å². The maximum absolute atomic E-state index is 13.9. The predicted molar refractivity (Wildman–Crippen MR) is 137 cm³/mol. The maximum Gasteiger partial charge on any atom is 0.265 e. The van der Waals surface area contributed by atoms with Crippen molar-refractivity contribution >= 4 is 26.7 Å². The average molecular weight is 479 g/mol. The summed E-state index contributed by atoms with van der Waals surface area (Å²) >= 11 is 0. The number of para-hydroxylation sites is 1. The Morgan fingerprint density at radius 3 is 2.21 bits per heavy atom. The summed E-state index contributed by atoms with van der Waals surface area (Å²) < 4.78 is 42.1. The van der Waals surface area contributed by atoms with Crippen molar-refractivity contribution in [3.63, 3.8) is 0 Å². The van der Waals surface area contributed by atoms with Gasteiger partial charge in [-0.3, -0.25) is 4.31 Å². The van der Waals surface area contributed by atoms with E-state index in [4.69, 9.17) is 9.47 Å². The first kappa shape index (κ1) is 23.7. The maximum atomic E-state index is 13.9. The zero-order chi connectivity index (χ0) is 24.5. The minimum atomic E-state index is -3.81. The van der Waals surface area contributed by atoms with E-state index in [9.17, 15) is 8.42 Å². The highest BCUT2D eigenvalue weighted by molar-refractivity contribution is 7.92. The second-order valence-corrected chi connectivity index (χ2v) is 10.2. The molecule has 0 aliphatic carbocycles. The second kappa shape index (κ2) is 9.43. The summed E-state index contributed by atoms with van der Waals surface area (Å²) in [6.07, 6.45) is 0.506. The molecule has 0 unspecified atom stereocenters. The molecule has 3 aromatic carbocycles. The van der Waals surface area contributed by atoms with Gasteiger partial charge in [-0.2, -0.15) is 0 Å². The van der Waals surface area contributed by atoms with Gasteiger partial charge in [-0.25, -0.2) is 8.42 Å². The zero-order valence-electron chi connectivity index (χ0n) is 20.2. The lowest BCUT2D eigenvalue weighted by Crippen LogP contribution is -2.35. The third-order valence-corrected chi connectivity index (χ3v) is 8.02. The molecule has 34 heavy (non-hydrogen) atoms. The summed E-state index contributed by atoms with van der Waals surface area (Å²) in [7, 11) is 1.30. The van der Waals surface area contributed by atoms with Crippen LogP contribution in [0.15, 0.2) is 71.6 Å². The van der Waals surface area contributed by atoms with E-state index in [0.29, 0.717) is 23.7 Å². The summed E-state index contributed by atoms with van der Waals surface area (Å²) in [6, 6.07) is 20.6. The van der Waals surface area contributed by atoms with Gasteiger partial charge < -0.3 is 14.0 Å². The molecular formula is C27H30N2O4S. The van der Waals surface area contributed by atoms with Crippen molar-refractivity contribution in [1.29, 1.82) is 0 Å². The number of fused-ring (bicyclic) bond motifs is 1. The number of rotatable bonds is 8. The van der Waals surface area contributed by atoms with Crippen LogP contribution in [0.25, 0.3) is 10.9 Å². The highest BCUT2D eigenvalue weighted by Crippen LogP contribution is 2.35. The molecule has 4 aromatic rings. The van der Waals surface area contributed by atoms with Crippen molar-refractivity contribution in [1.82, 2.24) is 4.57 Å². The van der Waals surface area contributed by atoms with Crippen LogP contribution < -0.4 is 13.8 Å². The Labute approximate surface area is 201 Å². The molecule has 6 nitrogen and oxygen atoms in total. The van der Waals surface area contributed by atoms with Gasteiger partial charge >= 0.3 is 0 Å². The first-order valence-electron chi connectivity index (χ1n) is 11.1. The van der Waals surface area contributed by atoms with Crippen LogP contribution >= 0.6 is 0 Å². The van der Waals surface area contributed by atoms with Gasteiger partial charge in [0.1, 0.15) is 5.82 Å². The molecule has 0 radical (unpaired) electrons. The van der Waals surface area contributed by atoms with E-state index < -0.39 is 10.0 Å². The number of aryl methyl sites for hydroxylation is 3. The van der Waals surface area contributed by atoms with E-state index in [1.807, 2.05) is 80.1 Å². The first-order valence-corrected chi connectivity index (χ1v) is 12.6. The summed E-state index contributed by atoms with van der Waals surface area (Å²) in [5, 5.41) is 1.04. The van der Waals surface area contributed by atoms with Gasteiger partial charge in [0.25, 0.3) is 10.0 Å². The van der Waals surface area contributed by atoms with E-state index in [1.165, 1.54) is 4.31 Å². The smallest absolute Gasteiger partial charge is 0.265 e. The normalized spacial score (nSPS) is 11.6. The fourth-order valence-corrected chi connectivity index (χ4v) is 5.92. The lowest BCUT2D eigenvalue weighted by atomic mass is 10.1. The van der Waals surface area contributed by atoms with Crippen molar-refractivity contribution < 1.29 is 17.9 Å². The van der Waals surface area contributed by atoms with Gasteiger partial charge in [0.05, 0.1) is 19.1 Å². The topological polar surface area (TPSA) is 60.8 Å². The van der Waals surface area contributed by atoms with Crippen molar-refractivity contribution in [3.8, 4) is 11.5 Å². The number of methoxy groups -OCH3 is 2. The van der Waals surface area contributed by atoms with Crippen molar-refractivity contribution in [3.05, 3.63) is 83.4 Å². The zero-order valence-corrected chi connectivity index (χ0v) is 21.0. The van der Waals surface area contributed by atoms with Crippen LogP contribution in [0.1, 0.15) is 16.7 Å². The number of benzene rings is 3. The SMILES string of the molecule is COc1ccc(CCN(c2c(C)c3ccccc3n2C)S(=O)(=O)c2ccc(C)cc2)cc1OC. The molecule has 0 aliphatic rings. The molecule has 0 spiro atoms. The first-order chi connectivity index (χ1) is 16.3. The molecule has 0 amide bonds. The molecule has 0 fully saturated rings. The van der Waals surface area contributed by atoms with Gasteiger partial charge in [0.15, 0.2) is 11.5 Å². The van der Waals surface area contributed by atoms with Crippen molar-refractivity contribution in [2.75, 3.05) is 25.1 Å². The third-order valence-electron chi connectivity index (χ3n) is 6.22. The minimum absolute atomic E-state index is 0.273. The third kappa shape index (κ3) is 4.23. The fourth-order valence-electron chi connectivity index (χ4n) is 4.37. The van der Waals surface area contributed by atoms with Gasteiger partial charge in [-0.15, -0.1) is 0 Å². The quantitative estimate of drug-likeness (QED) is 0.347. The number of aromatic nitrogens is 1. The number of sulfonamides is 1. The monoisotopic (exact) mass is 478 g/mol. The molecule has 0 saturated heterocycles. The lowest BCUT2D eigenvalue weighted by Gasteiger charge is -2.26. The Kier molecular flexibility index (Phi) is 6.57. The number of ether oxygens (including phenoxy) is 2. The Balaban J connectivity index is 1.81. The van der Waals surface area contributed by atoms with Gasteiger partial charge in [-0.05, 0) is 56.2 Å². The lowest BCUT2D eigenvalue weighted by molar-refractivity contribution is 0.354. The Morgan fingerprint density at radius 2 is 1.56 bits per heavy atom. The second-order valence-electron chi connectivity index (χ2n) is 8.35. The molecule has 4 rings (SSSR count). The van der Waals surface area contributed by atoms with Crippen LogP contribution in [0.5, 0.6) is 11.5 Å². The molecule has 1 heterocycles. The molecule has 0 bridgehead atoms. The Hall–Kier alpha value is -3.45. The Bertz CT molecular complexity index is 1380.